The monoisotopic (exact) mass is 283 g/mol. The third kappa shape index (κ3) is 3.73. The molecule has 1 aliphatic heterocycles. The normalized spacial score (nSPS) is 16.0. The second-order valence-electron chi connectivity index (χ2n) is 5.43. The topological polar surface area (TPSA) is 51.4 Å². The van der Waals surface area contributed by atoms with Gasteiger partial charge in [-0.3, -0.25) is 4.98 Å². The van der Waals surface area contributed by atoms with Crippen LogP contribution >= 0.6 is 0 Å². The number of nitrogens with zero attached hydrogens (tertiary/aromatic N) is 2. The SMILES string of the molecule is NC1CCN(c2ccc(OCc3ccccn3)cc2)CC1. The Morgan fingerprint density at radius 2 is 1.86 bits per heavy atom. The number of anilines is 1. The van der Waals surface area contributed by atoms with Crippen LogP contribution in [0.2, 0.25) is 0 Å². The second-order valence-corrected chi connectivity index (χ2v) is 5.43. The highest BCUT2D eigenvalue weighted by Crippen LogP contribution is 2.22. The first-order chi connectivity index (χ1) is 10.3. The lowest BCUT2D eigenvalue weighted by Crippen LogP contribution is -2.39. The Labute approximate surface area is 125 Å². The molecule has 0 amide bonds. The molecule has 3 rings (SSSR count). The average molecular weight is 283 g/mol. The molecular weight excluding hydrogens is 262 g/mol. The molecule has 0 radical (unpaired) electrons. The van der Waals surface area contributed by atoms with Crippen molar-refractivity contribution in [2.24, 2.45) is 5.73 Å². The van der Waals surface area contributed by atoms with Crippen LogP contribution in [0.3, 0.4) is 0 Å². The fourth-order valence-electron chi connectivity index (χ4n) is 2.55. The standard InChI is InChI=1S/C17H21N3O/c18-14-8-11-20(12-9-14)16-4-6-17(7-5-16)21-13-15-3-1-2-10-19-15/h1-7,10,14H,8-9,11-13,18H2. The Morgan fingerprint density at radius 1 is 1.10 bits per heavy atom. The predicted molar refractivity (Wildman–Crippen MR) is 84.4 cm³/mol. The van der Waals surface area contributed by atoms with Gasteiger partial charge in [0.15, 0.2) is 0 Å². The van der Waals surface area contributed by atoms with Crippen molar-refractivity contribution >= 4 is 5.69 Å². The molecule has 1 fully saturated rings. The molecule has 0 unspecified atom stereocenters. The smallest absolute Gasteiger partial charge is 0.130 e. The Bertz CT molecular complexity index is 548. The quantitative estimate of drug-likeness (QED) is 0.937. The molecule has 1 aromatic heterocycles. The summed E-state index contributed by atoms with van der Waals surface area (Å²) in [6.07, 6.45) is 3.92. The van der Waals surface area contributed by atoms with Crippen molar-refractivity contribution in [1.29, 1.82) is 0 Å². The number of aromatic nitrogens is 1. The van der Waals surface area contributed by atoms with Crippen molar-refractivity contribution in [3.63, 3.8) is 0 Å². The van der Waals surface area contributed by atoms with Crippen LogP contribution in [0.1, 0.15) is 18.5 Å². The molecule has 0 spiro atoms. The van der Waals surface area contributed by atoms with Crippen LogP contribution in [-0.4, -0.2) is 24.1 Å². The van der Waals surface area contributed by atoms with Crippen LogP contribution in [0.4, 0.5) is 5.69 Å². The third-order valence-corrected chi connectivity index (χ3v) is 3.85. The minimum Gasteiger partial charge on any atom is -0.487 e. The van der Waals surface area contributed by atoms with Crippen molar-refractivity contribution in [3.8, 4) is 5.75 Å². The highest BCUT2D eigenvalue weighted by Gasteiger charge is 2.16. The minimum absolute atomic E-state index is 0.363. The van der Waals surface area contributed by atoms with Crippen molar-refractivity contribution in [3.05, 3.63) is 54.4 Å². The van der Waals surface area contributed by atoms with Crippen LogP contribution in [0, 0.1) is 0 Å². The first-order valence-corrected chi connectivity index (χ1v) is 7.44. The van der Waals surface area contributed by atoms with Gasteiger partial charge in [-0.15, -0.1) is 0 Å². The summed E-state index contributed by atoms with van der Waals surface area (Å²) >= 11 is 0. The molecular formula is C17H21N3O. The number of hydrogen-bond donors (Lipinski definition) is 1. The summed E-state index contributed by atoms with van der Waals surface area (Å²) in [6, 6.07) is 14.5. The average Bonchev–Trinajstić information content (AvgIpc) is 2.55. The molecule has 0 saturated carbocycles. The molecule has 2 aromatic rings. The summed E-state index contributed by atoms with van der Waals surface area (Å²) in [5, 5.41) is 0. The molecule has 2 heterocycles. The lowest BCUT2D eigenvalue weighted by Gasteiger charge is -2.32. The summed E-state index contributed by atoms with van der Waals surface area (Å²) < 4.78 is 5.75. The summed E-state index contributed by atoms with van der Waals surface area (Å²) in [6.45, 7) is 2.57. The summed E-state index contributed by atoms with van der Waals surface area (Å²) in [7, 11) is 0. The molecule has 0 atom stereocenters. The van der Waals surface area contributed by atoms with Crippen molar-refractivity contribution in [2.45, 2.75) is 25.5 Å². The number of pyridine rings is 1. The molecule has 21 heavy (non-hydrogen) atoms. The number of benzene rings is 1. The van der Waals surface area contributed by atoms with E-state index < -0.39 is 0 Å². The first kappa shape index (κ1) is 13.9. The summed E-state index contributed by atoms with van der Waals surface area (Å²) in [4.78, 5) is 6.63. The minimum atomic E-state index is 0.363. The highest BCUT2D eigenvalue weighted by atomic mass is 16.5. The molecule has 1 aliphatic rings. The van der Waals surface area contributed by atoms with Gasteiger partial charge in [-0.1, -0.05) is 6.07 Å². The van der Waals surface area contributed by atoms with E-state index in [0.29, 0.717) is 12.6 Å². The molecule has 1 aromatic carbocycles. The Hall–Kier alpha value is -2.07. The van der Waals surface area contributed by atoms with E-state index >= 15 is 0 Å². The van der Waals surface area contributed by atoms with Crippen LogP contribution < -0.4 is 15.4 Å². The lowest BCUT2D eigenvalue weighted by molar-refractivity contribution is 0.301. The van der Waals surface area contributed by atoms with E-state index in [4.69, 9.17) is 10.5 Å². The van der Waals surface area contributed by atoms with Crippen LogP contribution in [0.5, 0.6) is 5.75 Å². The Morgan fingerprint density at radius 3 is 2.52 bits per heavy atom. The predicted octanol–water partition coefficient (Wildman–Crippen LogP) is 2.59. The van der Waals surface area contributed by atoms with Gasteiger partial charge in [0, 0.05) is 31.0 Å². The number of hydrogen-bond acceptors (Lipinski definition) is 4. The van der Waals surface area contributed by atoms with Gasteiger partial charge in [-0.2, -0.15) is 0 Å². The van der Waals surface area contributed by atoms with Gasteiger partial charge >= 0.3 is 0 Å². The molecule has 0 aliphatic carbocycles. The van der Waals surface area contributed by atoms with E-state index in [1.54, 1.807) is 6.20 Å². The summed E-state index contributed by atoms with van der Waals surface area (Å²) in [5.74, 6) is 0.873. The van der Waals surface area contributed by atoms with Gasteiger partial charge < -0.3 is 15.4 Å². The van der Waals surface area contributed by atoms with Gasteiger partial charge in [-0.25, -0.2) is 0 Å². The highest BCUT2D eigenvalue weighted by molar-refractivity contribution is 5.49. The molecule has 0 bridgehead atoms. The molecule has 4 heteroatoms. The zero-order valence-electron chi connectivity index (χ0n) is 12.1. The van der Waals surface area contributed by atoms with Crippen LogP contribution in [-0.2, 0) is 6.61 Å². The Kier molecular flexibility index (Phi) is 4.36. The maximum absolute atomic E-state index is 5.94. The van der Waals surface area contributed by atoms with E-state index in [9.17, 15) is 0 Å². The van der Waals surface area contributed by atoms with E-state index in [2.05, 4.69) is 22.0 Å². The molecule has 1 saturated heterocycles. The third-order valence-electron chi connectivity index (χ3n) is 3.85. The number of rotatable bonds is 4. The second kappa shape index (κ2) is 6.59. The summed E-state index contributed by atoms with van der Waals surface area (Å²) in [5.41, 5.74) is 8.12. The van der Waals surface area contributed by atoms with Crippen molar-refractivity contribution in [1.82, 2.24) is 4.98 Å². The fraction of sp³-hybridized carbons (Fsp3) is 0.353. The maximum Gasteiger partial charge on any atom is 0.130 e. The molecule has 4 nitrogen and oxygen atoms in total. The zero-order chi connectivity index (χ0) is 14.5. The van der Waals surface area contributed by atoms with E-state index in [1.165, 1.54) is 5.69 Å². The number of nitrogens with two attached hydrogens (primary N) is 1. The number of piperidine rings is 1. The van der Waals surface area contributed by atoms with Gasteiger partial charge in [0.05, 0.1) is 5.69 Å². The maximum atomic E-state index is 5.94. The Balaban J connectivity index is 1.57. The van der Waals surface area contributed by atoms with Gasteiger partial charge in [0.1, 0.15) is 12.4 Å². The van der Waals surface area contributed by atoms with E-state index in [-0.39, 0.29) is 0 Å². The van der Waals surface area contributed by atoms with Crippen LogP contribution in [0.15, 0.2) is 48.7 Å². The lowest BCUT2D eigenvalue weighted by atomic mass is 10.1. The van der Waals surface area contributed by atoms with E-state index in [1.807, 2.05) is 30.3 Å². The zero-order valence-corrected chi connectivity index (χ0v) is 12.1. The van der Waals surface area contributed by atoms with Crippen molar-refractivity contribution < 1.29 is 4.74 Å². The first-order valence-electron chi connectivity index (χ1n) is 7.44. The largest absolute Gasteiger partial charge is 0.487 e. The van der Waals surface area contributed by atoms with Gasteiger partial charge in [-0.05, 0) is 49.2 Å². The van der Waals surface area contributed by atoms with E-state index in [0.717, 1.165) is 37.4 Å². The van der Waals surface area contributed by atoms with Crippen molar-refractivity contribution in [2.75, 3.05) is 18.0 Å². The molecule has 110 valence electrons. The van der Waals surface area contributed by atoms with Crippen LogP contribution in [0.25, 0.3) is 0 Å². The van der Waals surface area contributed by atoms with Gasteiger partial charge in [0.2, 0.25) is 0 Å². The fourth-order valence-corrected chi connectivity index (χ4v) is 2.55. The molecule has 2 N–H and O–H groups in total. The van der Waals surface area contributed by atoms with Gasteiger partial charge in [0.25, 0.3) is 0 Å². The number of ether oxygens (including phenoxy) is 1.